The van der Waals surface area contributed by atoms with Gasteiger partial charge < -0.3 is 14.8 Å². The van der Waals surface area contributed by atoms with Crippen molar-refractivity contribution >= 4 is 0 Å². The zero-order valence-electron chi connectivity index (χ0n) is 11.2. The van der Waals surface area contributed by atoms with Crippen molar-refractivity contribution in [1.29, 1.82) is 0 Å². The van der Waals surface area contributed by atoms with Crippen LogP contribution < -0.4 is 5.32 Å². The highest BCUT2D eigenvalue weighted by molar-refractivity contribution is 4.97. The lowest BCUT2D eigenvalue weighted by Gasteiger charge is -2.45. The van der Waals surface area contributed by atoms with Gasteiger partial charge in [0.15, 0.2) is 0 Å². The van der Waals surface area contributed by atoms with Crippen molar-refractivity contribution in [2.24, 2.45) is 5.92 Å². The number of hydrogen-bond donors (Lipinski definition) is 1. The molecule has 1 fully saturated rings. The summed E-state index contributed by atoms with van der Waals surface area (Å²) in [4.78, 5) is 0. The first-order valence-corrected chi connectivity index (χ1v) is 6.54. The predicted molar refractivity (Wildman–Crippen MR) is 66.7 cm³/mol. The van der Waals surface area contributed by atoms with Gasteiger partial charge in [-0.3, -0.25) is 0 Å². The molecular weight excluding hydrogens is 202 g/mol. The van der Waals surface area contributed by atoms with Gasteiger partial charge in [0.05, 0.1) is 5.60 Å². The minimum absolute atomic E-state index is 0.0241. The van der Waals surface area contributed by atoms with E-state index in [1.807, 2.05) is 7.11 Å². The van der Waals surface area contributed by atoms with E-state index in [4.69, 9.17) is 9.47 Å². The van der Waals surface area contributed by atoms with Crippen molar-refractivity contribution in [1.82, 2.24) is 5.32 Å². The van der Waals surface area contributed by atoms with Crippen LogP contribution in [0.5, 0.6) is 0 Å². The van der Waals surface area contributed by atoms with Crippen LogP contribution in [-0.4, -0.2) is 39.0 Å². The van der Waals surface area contributed by atoms with Crippen LogP contribution in [0.1, 0.15) is 39.5 Å². The average Bonchev–Trinajstić information content (AvgIpc) is 2.36. The third-order valence-corrected chi connectivity index (χ3v) is 4.14. The van der Waals surface area contributed by atoms with Crippen molar-refractivity contribution in [3.63, 3.8) is 0 Å². The van der Waals surface area contributed by atoms with Crippen LogP contribution in [0, 0.1) is 5.92 Å². The van der Waals surface area contributed by atoms with Crippen LogP contribution in [0.4, 0.5) is 0 Å². The van der Waals surface area contributed by atoms with Gasteiger partial charge in [0.2, 0.25) is 0 Å². The summed E-state index contributed by atoms with van der Waals surface area (Å²) < 4.78 is 11.3. The molecule has 0 aromatic carbocycles. The molecule has 0 bridgehead atoms. The number of ether oxygens (including phenoxy) is 2. The summed E-state index contributed by atoms with van der Waals surface area (Å²) in [7, 11) is 3.90. The average molecular weight is 229 g/mol. The molecule has 1 rings (SSSR count). The van der Waals surface area contributed by atoms with Crippen LogP contribution in [-0.2, 0) is 9.47 Å². The van der Waals surface area contributed by atoms with Crippen LogP contribution in [0.2, 0.25) is 0 Å². The Morgan fingerprint density at radius 2 is 1.81 bits per heavy atom. The fourth-order valence-electron chi connectivity index (χ4n) is 3.05. The SMILES string of the molecule is CCC(CC)C(NC)C1(OC)CCOCC1. The molecule has 1 heterocycles. The molecule has 1 atom stereocenters. The molecule has 0 radical (unpaired) electrons. The maximum atomic E-state index is 5.87. The summed E-state index contributed by atoms with van der Waals surface area (Å²) in [5.74, 6) is 0.683. The van der Waals surface area contributed by atoms with Gasteiger partial charge in [-0.25, -0.2) is 0 Å². The Morgan fingerprint density at radius 3 is 2.19 bits per heavy atom. The first kappa shape index (κ1) is 13.9. The molecule has 1 saturated heterocycles. The molecular formula is C13H27NO2. The normalized spacial score (nSPS) is 22.3. The molecule has 0 amide bonds. The summed E-state index contributed by atoms with van der Waals surface area (Å²) in [6.07, 6.45) is 4.42. The highest BCUT2D eigenvalue weighted by Gasteiger charge is 2.42. The van der Waals surface area contributed by atoms with Crippen LogP contribution >= 0.6 is 0 Å². The summed E-state index contributed by atoms with van der Waals surface area (Å²) in [6.45, 7) is 6.18. The molecule has 3 heteroatoms. The quantitative estimate of drug-likeness (QED) is 0.757. The third kappa shape index (κ3) is 2.76. The maximum absolute atomic E-state index is 5.87. The minimum atomic E-state index is -0.0241. The standard InChI is InChI=1S/C13H27NO2/c1-5-11(6-2)12(14-3)13(15-4)7-9-16-10-8-13/h11-12,14H,5-10H2,1-4H3. The number of nitrogens with one attached hydrogen (secondary N) is 1. The molecule has 0 aromatic rings. The Labute approximate surface area is 99.9 Å². The molecule has 96 valence electrons. The van der Waals surface area contributed by atoms with Crippen molar-refractivity contribution in [3.05, 3.63) is 0 Å². The van der Waals surface area contributed by atoms with E-state index in [2.05, 4.69) is 26.2 Å². The lowest BCUT2D eigenvalue weighted by molar-refractivity contribution is -0.120. The van der Waals surface area contributed by atoms with Gasteiger partial charge in [-0.15, -0.1) is 0 Å². The fraction of sp³-hybridized carbons (Fsp3) is 1.00. The molecule has 1 N–H and O–H groups in total. The van der Waals surface area contributed by atoms with E-state index < -0.39 is 0 Å². The Morgan fingerprint density at radius 1 is 1.25 bits per heavy atom. The van der Waals surface area contributed by atoms with Crippen molar-refractivity contribution < 1.29 is 9.47 Å². The summed E-state index contributed by atoms with van der Waals surface area (Å²) >= 11 is 0. The van der Waals surface area contributed by atoms with Crippen molar-refractivity contribution in [2.45, 2.75) is 51.2 Å². The molecule has 16 heavy (non-hydrogen) atoms. The first-order chi connectivity index (χ1) is 7.74. The molecule has 1 aliphatic heterocycles. The topological polar surface area (TPSA) is 30.5 Å². The largest absolute Gasteiger partial charge is 0.381 e. The maximum Gasteiger partial charge on any atom is 0.0877 e. The highest BCUT2D eigenvalue weighted by Crippen LogP contribution is 2.33. The highest BCUT2D eigenvalue weighted by atomic mass is 16.5. The summed E-state index contributed by atoms with van der Waals surface area (Å²) in [5.41, 5.74) is -0.0241. The number of rotatable bonds is 6. The third-order valence-electron chi connectivity index (χ3n) is 4.14. The zero-order chi connectivity index (χ0) is 12.0. The van der Waals surface area contributed by atoms with Crippen LogP contribution in [0.15, 0.2) is 0 Å². The Balaban J connectivity index is 2.80. The minimum Gasteiger partial charge on any atom is -0.381 e. The summed E-state index contributed by atoms with van der Waals surface area (Å²) in [5, 5.41) is 3.48. The molecule has 3 nitrogen and oxygen atoms in total. The lowest BCUT2D eigenvalue weighted by Crippen LogP contribution is -2.57. The van der Waals surface area contributed by atoms with Gasteiger partial charge in [-0.2, -0.15) is 0 Å². The monoisotopic (exact) mass is 229 g/mol. The first-order valence-electron chi connectivity index (χ1n) is 6.54. The second-order valence-corrected chi connectivity index (χ2v) is 4.72. The molecule has 0 aromatic heterocycles. The van der Waals surface area contributed by atoms with Crippen molar-refractivity contribution in [2.75, 3.05) is 27.4 Å². The van der Waals surface area contributed by atoms with E-state index in [1.165, 1.54) is 12.8 Å². The fourth-order valence-corrected chi connectivity index (χ4v) is 3.05. The Hall–Kier alpha value is -0.120. The predicted octanol–water partition coefficient (Wildman–Crippen LogP) is 2.21. The van der Waals surface area contributed by atoms with Gasteiger partial charge in [-0.05, 0) is 13.0 Å². The Bertz CT molecular complexity index is 186. The van der Waals surface area contributed by atoms with E-state index in [0.29, 0.717) is 12.0 Å². The number of methoxy groups -OCH3 is 1. The van der Waals surface area contributed by atoms with Gasteiger partial charge in [0, 0.05) is 39.2 Å². The number of hydrogen-bond acceptors (Lipinski definition) is 3. The van der Waals surface area contributed by atoms with Crippen LogP contribution in [0.3, 0.4) is 0 Å². The van der Waals surface area contributed by atoms with Gasteiger partial charge >= 0.3 is 0 Å². The van der Waals surface area contributed by atoms with E-state index in [9.17, 15) is 0 Å². The molecule has 1 unspecified atom stereocenters. The zero-order valence-corrected chi connectivity index (χ0v) is 11.2. The second kappa shape index (κ2) is 6.58. The van der Waals surface area contributed by atoms with Crippen molar-refractivity contribution in [3.8, 4) is 0 Å². The van der Waals surface area contributed by atoms with Gasteiger partial charge in [0.25, 0.3) is 0 Å². The second-order valence-electron chi connectivity index (χ2n) is 4.72. The Kier molecular flexibility index (Phi) is 5.73. The lowest BCUT2D eigenvalue weighted by atomic mass is 9.77. The van der Waals surface area contributed by atoms with E-state index in [-0.39, 0.29) is 5.60 Å². The van der Waals surface area contributed by atoms with Crippen LogP contribution in [0.25, 0.3) is 0 Å². The van der Waals surface area contributed by atoms with Gasteiger partial charge in [0.1, 0.15) is 0 Å². The molecule has 0 aliphatic carbocycles. The smallest absolute Gasteiger partial charge is 0.0877 e. The molecule has 0 saturated carbocycles. The van der Waals surface area contributed by atoms with E-state index in [0.717, 1.165) is 26.1 Å². The molecule has 0 spiro atoms. The van der Waals surface area contributed by atoms with Gasteiger partial charge in [-0.1, -0.05) is 26.7 Å². The van der Waals surface area contributed by atoms with E-state index in [1.54, 1.807) is 0 Å². The summed E-state index contributed by atoms with van der Waals surface area (Å²) in [6, 6.07) is 0.441. The van der Waals surface area contributed by atoms with E-state index >= 15 is 0 Å². The molecule has 1 aliphatic rings. The number of likely N-dealkylation sites (N-methyl/N-ethyl adjacent to an activating group) is 1.